The number of para-hydroxylation sites is 1. The van der Waals surface area contributed by atoms with Crippen molar-refractivity contribution in [3.05, 3.63) is 224 Å². The van der Waals surface area contributed by atoms with Gasteiger partial charge < -0.3 is 4.57 Å². The number of nitriles is 1. The Hall–Kier alpha value is -8.79. The molecule has 0 aliphatic carbocycles. The molecule has 11 aromatic rings. The van der Waals surface area contributed by atoms with Gasteiger partial charge in [-0.25, -0.2) is 19.9 Å². The Morgan fingerprint density at radius 1 is 0.333 bits per heavy atom. The van der Waals surface area contributed by atoms with Crippen molar-refractivity contribution in [2.75, 3.05) is 0 Å². The minimum absolute atomic E-state index is 0.631. The van der Waals surface area contributed by atoms with Crippen LogP contribution in [0.1, 0.15) is 5.56 Å². The summed E-state index contributed by atoms with van der Waals surface area (Å²) in [6, 6.07) is 76.7. The van der Waals surface area contributed by atoms with Crippen molar-refractivity contribution in [3.8, 4) is 90.7 Å². The van der Waals surface area contributed by atoms with Crippen molar-refractivity contribution in [3.63, 3.8) is 0 Å². The number of fused-ring (bicyclic) bond motifs is 3. The molecule has 0 fully saturated rings. The largest absolute Gasteiger partial charge is 0.309 e. The van der Waals surface area contributed by atoms with Crippen molar-refractivity contribution in [1.29, 1.82) is 5.26 Å². The normalized spacial score (nSPS) is 11.2. The molecule has 0 aliphatic heterocycles. The molecule has 6 nitrogen and oxygen atoms in total. The van der Waals surface area contributed by atoms with Gasteiger partial charge in [0.25, 0.3) is 0 Å². The molecule has 0 atom stereocenters. The summed E-state index contributed by atoms with van der Waals surface area (Å²) in [5.41, 5.74) is 14.5. The van der Waals surface area contributed by atoms with Crippen molar-refractivity contribution in [2.45, 2.75) is 0 Å². The predicted octanol–water partition coefficient (Wildman–Crippen LogP) is 13.9. The molecular weight excluding hydrogens is 769 g/mol. The van der Waals surface area contributed by atoms with Crippen LogP contribution >= 0.6 is 0 Å². The third kappa shape index (κ3) is 7.00. The fourth-order valence-corrected chi connectivity index (χ4v) is 8.45. The molecule has 0 bridgehead atoms. The van der Waals surface area contributed by atoms with Gasteiger partial charge in [0.15, 0.2) is 11.6 Å². The van der Waals surface area contributed by atoms with E-state index < -0.39 is 0 Å². The third-order valence-electron chi connectivity index (χ3n) is 11.5. The lowest BCUT2D eigenvalue weighted by atomic mass is 9.98. The minimum atomic E-state index is 0.631. The van der Waals surface area contributed by atoms with Crippen molar-refractivity contribution in [2.24, 2.45) is 0 Å². The fourth-order valence-electron chi connectivity index (χ4n) is 8.45. The maximum atomic E-state index is 10.0. The van der Waals surface area contributed by atoms with E-state index in [1.54, 1.807) is 0 Å². The van der Waals surface area contributed by atoms with E-state index in [0.717, 1.165) is 94.8 Å². The minimum Gasteiger partial charge on any atom is -0.309 e. The first-order valence-electron chi connectivity index (χ1n) is 20.9. The van der Waals surface area contributed by atoms with Gasteiger partial charge in [-0.1, -0.05) is 170 Å². The Morgan fingerprint density at radius 2 is 0.810 bits per heavy atom. The predicted molar refractivity (Wildman–Crippen MR) is 255 cm³/mol. The molecular formula is C57H36N6. The van der Waals surface area contributed by atoms with Crippen molar-refractivity contribution >= 4 is 21.8 Å². The molecule has 0 saturated heterocycles. The highest BCUT2D eigenvalue weighted by Gasteiger charge is 2.21. The summed E-state index contributed by atoms with van der Waals surface area (Å²) >= 11 is 0. The summed E-state index contributed by atoms with van der Waals surface area (Å²) in [7, 11) is 0. The van der Waals surface area contributed by atoms with Gasteiger partial charge in [0.05, 0.1) is 51.1 Å². The molecule has 0 saturated carbocycles. The van der Waals surface area contributed by atoms with Crippen LogP contribution in [0.25, 0.3) is 106 Å². The van der Waals surface area contributed by atoms with Crippen LogP contribution in [0.4, 0.5) is 0 Å². The first-order valence-corrected chi connectivity index (χ1v) is 20.9. The second-order valence-electron chi connectivity index (χ2n) is 15.4. The Bertz CT molecular complexity index is 3390. The van der Waals surface area contributed by atoms with Crippen LogP contribution in [0.5, 0.6) is 0 Å². The Kier molecular flexibility index (Phi) is 9.45. The molecule has 11 rings (SSSR count). The van der Waals surface area contributed by atoms with E-state index in [2.05, 4.69) is 120 Å². The van der Waals surface area contributed by atoms with Crippen LogP contribution in [0, 0.1) is 11.3 Å². The van der Waals surface area contributed by atoms with E-state index in [4.69, 9.17) is 19.9 Å². The lowest BCUT2D eigenvalue weighted by Crippen LogP contribution is -2.02. The van der Waals surface area contributed by atoms with Crippen LogP contribution in [0.3, 0.4) is 0 Å². The molecule has 3 aromatic heterocycles. The lowest BCUT2D eigenvalue weighted by molar-refractivity contribution is 1.15. The van der Waals surface area contributed by atoms with Crippen LogP contribution in [0.2, 0.25) is 0 Å². The molecule has 6 heteroatoms. The molecule has 63 heavy (non-hydrogen) atoms. The monoisotopic (exact) mass is 804 g/mol. The van der Waals surface area contributed by atoms with Gasteiger partial charge in [-0.3, -0.25) is 0 Å². The highest BCUT2D eigenvalue weighted by atomic mass is 15.0. The zero-order chi connectivity index (χ0) is 42.1. The molecule has 0 unspecified atom stereocenters. The fraction of sp³-hybridized carbons (Fsp3) is 0. The topological polar surface area (TPSA) is 80.3 Å². The van der Waals surface area contributed by atoms with Crippen LogP contribution < -0.4 is 0 Å². The number of benzene rings is 8. The van der Waals surface area contributed by atoms with Crippen molar-refractivity contribution < 1.29 is 0 Å². The Labute approximate surface area is 364 Å². The standard InChI is InChI=1S/C57H36N6/c58-37-44-25-13-14-26-45(44)42-29-31-54-47(33-42)46-27-15-16-28-53(46)63(54)55-32-30-43(51-35-49(38-17-5-1-6-18-38)59-56(61-51)40-21-9-3-10-22-40)34-48(55)52-36-50(39-19-7-2-8-20-39)60-57(62-52)41-23-11-4-12-24-41/h1-36H. The smallest absolute Gasteiger partial charge is 0.160 e. The molecule has 3 heterocycles. The summed E-state index contributed by atoms with van der Waals surface area (Å²) in [5, 5.41) is 12.2. The average molecular weight is 805 g/mol. The van der Waals surface area contributed by atoms with Crippen molar-refractivity contribution in [1.82, 2.24) is 24.5 Å². The number of hydrogen-bond donors (Lipinski definition) is 0. The molecule has 8 aromatic carbocycles. The SMILES string of the molecule is N#Cc1ccccc1-c1ccc2c(c1)c1ccccc1n2-c1ccc(-c2cc(-c3ccccc3)nc(-c3ccccc3)n2)cc1-c1cc(-c2ccccc2)nc(-c2ccccc2)n1. The van der Waals surface area contributed by atoms with Gasteiger partial charge in [0.1, 0.15) is 0 Å². The Balaban J connectivity index is 1.20. The summed E-state index contributed by atoms with van der Waals surface area (Å²) in [6.45, 7) is 0. The summed E-state index contributed by atoms with van der Waals surface area (Å²) < 4.78 is 2.33. The zero-order valence-electron chi connectivity index (χ0n) is 34.0. The van der Waals surface area contributed by atoms with E-state index in [1.807, 2.05) is 109 Å². The molecule has 0 N–H and O–H groups in total. The van der Waals surface area contributed by atoms with Gasteiger partial charge >= 0.3 is 0 Å². The number of aromatic nitrogens is 5. The number of hydrogen-bond acceptors (Lipinski definition) is 5. The molecule has 0 radical (unpaired) electrons. The lowest BCUT2D eigenvalue weighted by Gasteiger charge is -2.17. The van der Waals surface area contributed by atoms with Gasteiger partial charge in [0, 0.05) is 44.2 Å². The first-order chi connectivity index (χ1) is 31.2. The van der Waals surface area contributed by atoms with Gasteiger partial charge in [-0.15, -0.1) is 0 Å². The second-order valence-corrected chi connectivity index (χ2v) is 15.4. The number of rotatable bonds is 8. The van der Waals surface area contributed by atoms with E-state index in [1.165, 1.54) is 0 Å². The van der Waals surface area contributed by atoms with Crippen LogP contribution in [-0.4, -0.2) is 24.5 Å². The van der Waals surface area contributed by atoms with Crippen LogP contribution in [-0.2, 0) is 0 Å². The molecule has 0 spiro atoms. The quantitative estimate of drug-likeness (QED) is 0.153. The van der Waals surface area contributed by atoms with Gasteiger partial charge in [-0.2, -0.15) is 5.26 Å². The Morgan fingerprint density at radius 3 is 1.43 bits per heavy atom. The average Bonchev–Trinajstić information content (AvgIpc) is 3.70. The van der Waals surface area contributed by atoms with E-state index in [-0.39, 0.29) is 0 Å². The maximum absolute atomic E-state index is 10.0. The third-order valence-corrected chi connectivity index (χ3v) is 11.5. The second kappa shape index (κ2) is 16.0. The first kappa shape index (κ1) is 37.2. The summed E-state index contributed by atoms with van der Waals surface area (Å²) in [4.78, 5) is 20.9. The zero-order valence-corrected chi connectivity index (χ0v) is 34.0. The van der Waals surface area contributed by atoms with Gasteiger partial charge in [0.2, 0.25) is 0 Å². The van der Waals surface area contributed by atoms with E-state index >= 15 is 0 Å². The van der Waals surface area contributed by atoms with E-state index in [9.17, 15) is 5.26 Å². The van der Waals surface area contributed by atoms with Gasteiger partial charge in [-0.05, 0) is 59.7 Å². The molecule has 0 aliphatic rings. The van der Waals surface area contributed by atoms with Crippen LogP contribution in [0.15, 0.2) is 218 Å². The highest BCUT2D eigenvalue weighted by Crippen LogP contribution is 2.41. The maximum Gasteiger partial charge on any atom is 0.160 e. The molecule has 294 valence electrons. The van der Waals surface area contributed by atoms with E-state index in [0.29, 0.717) is 17.2 Å². The molecule has 0 amide bonds. The number of nitrogens with zero attached hydrogens (tertiary/aromatic N) is 6. The summed E-state index contributed by atoms with van der Waals surface area (Å²) in [6.07, 6.45) is 0. The highest BCUT2D eigenvalue weighted by molar-refractivity contribution is 6.11. The summed E-state index contributed by atoms with van der Waals surface area (Å²) in [5.74, 6) is 1.28.